The summed E-state index contributed by atoms with van der Waals surface area (Å²) in [6, 6.07) is 8.85. The van der Waals surface area contributed by atoms with Gasteiger partial charge >= 0.3 is 5.97 Å². The maximum absolute atomic E-state index is 10.8. The number of carboxylic acids is 1. The molecule has 3 heteroatoms. The Labute approximate surface area is 199 Å². The van der Waals surface area contributed by atoms with Crippen molar-refractivity contribution in [2.24, 2.45) is 0 Å². The zero-order valence-corrected chi connectivity index (χ0v) is 21.5. The number of hydrogen-bond acceptors (Lipinski definition) is 1. The second-order valence-corrected chi connectivity index (χ2v) is 10.4. The molecule has 1 N–H and O–H groups in total. The van der Waals surface area contributed by atoms with Crippen molar-refractivity contribution in [3.05, 3.63) is 35.4 Å². The van der Waals surface area contributed by atoms with Crippen molar-refractivity contribution < 1.29 is 14.4 Å². The molecule has 0 fully saturated rings. The summed E-state index contributed by atoms with van der Waals surface area (Å²) in [6.45, 7) is 4.17. The molecule has 0 bridgehead atoms. The fraction of sp³-hybridized carbons (Fsp3) is 0.759. The lowest BCUT2D eigenvalue weighted by Gasteiger charge is -2.30. The van der Waals surface area contributed by atoms with Crippen molar-refractivity contribution in [1.29, 1.82) is 0 Å². The molecule has 0 aliphatic carbocycles. The molecule has 1 aromatic rings. The summed E-state index contributed by atoms with van der Waals surface area (Å²) in [5.74, 6) is -0.691. The van der Waals surface area contributed by atoms with Crippen LogP contribution in [-0.2, 0) is 17.8 Å². The van der Waals surface area contributed by atoms with Crippen LogP contribution in [0.25, 0.3) is 0 Å². The van der Waals surface area contributed by atoms with Crippen LogP contribution >= 0.6 is 0 Å². The molecule has 32 heavy (non-hydrogen) atoms. The van der Waals surface area contributed by atoms with Gasteiger partial charge in [0.2, 0.25) is 0 Å². The number of quaternary nitrogens is 1. The van der Waals surface area contributed by atoms with Crippen molar-refractivity contribution in [3.63, 3.8) is 0 Å². The maximum atomic E-state index is 10.8. The second-order valence-electron chi connectivity index (χ2n) is 10.4. The Morgan fingerprint density at radius 2 is 1.19 bits per heavy atom. The van der Waals surface area contributed by atoms with Crippen molar-refractivity contribution in [2.75, 3.05) is 20.6 Å². The van der Waals surface area contributed by atoms with E-state index in [-0.39, 0.29) is 6.42 Å². The SMILES string of the molecule is CCCCCCCCCCCCCCCCc1ccccc1C[N+](C)(C)CCCC(=O)O. The molecule has 0 aromatic heterocycles. The Bertz CT molecular complexity index is 597. The van der Waals surface area contributed by atoms with E-state index < -0.39 is 5.97 Å². The van der Waals surface area contributed by atoms with Crippen LogP contribution in [0.15, 0.2) is 24.3 Å². The highest BCUT2D eigenvalue weighted by Crippen LogP contribution is 2.19. The van der Waals surface area contributed by atoms with E-state index in [2.05, 4.69) is 45.3 Å². The minimum atomic E-state index is -0.691. The molecular formula is C29H52NO2+. The molecule has 0 aliphatic heterocycles. The molecule has 184 valence electrons. The maximum Gasteiger partial charge on any atom is 0.303 e. The van der Waals surface area contributed by atoms with Gasteiger partial charge in [0.15, 0.2) is 0 Å². The van der Waals surface area contributed by atoms with Crippen molar-refractivity contribution in [1.82, 2.24) is 0 Å². The number of carboxylic acid groups (broad SMARTS) is 1. The number of aryl methyl sites for hydroxylation is 1. The van der Waals surface area contributed by atoms with Crippen LogP contribution in [0, 0.1) is 0 Å². The zero-order chi connectivity index (χ0) is 23.5. The van der Waals surface area contributed by atoms with E-state index in [1.54, 1.807) is 0 Å². The van der Waals surface area contributed by atoms with Crippen LogP contribution in [0.2, 0.25) is 0 Å². The van der Waals surface area contributed by atoms with E-state index in [0.29, 0.717) is 0 Å². The summed E-state index contributed by atoms with van der Waals surface area (Å²) in [4.78, 5) is 10.8. The van der Waals surface area contributed by atoms with Crippen molar-refractivity contribution in [3.8, 4) is 0 Å². The zero-order valence-electron chi connectivity index (χ0n) is 21.5. The van der Waals surface area contributed by atoms with Gasteiger partial charge in [0, 0.05) is 12.0 Å². The average Bonchev–Trinajstić information content (AvgIpc) is 2.74. The first kappa shape index (κ1) is 28.7. The van der Waals surface area contributed by atoms with E-state index >= 15 is 0 Å². The highest BCUT2D eigenvalue weighted by molar-refractivity contribution is 5.66. The predicted octanol–water partition coefficient (Wildman–Crippen LogP) is 8.15. The van der Waals surface area contributed by atoms with Crippen LogP contribution in [0.5, 0.6) is 0 Å². The summed E-state index contributed by atoms with van der Waals surface area (Å²) in [6.07, 6.45) is 21.8. The molecule has 0 heterocycles. The molecule has 0 saturated heterocycles. The van der Waals surface area contributed by atoms with Gasteiger partial charge in [0.1, 0.15) is 6.54 Å². The average molecular weight is 447 g/mol. The number of hydrogen-bond donors (Lipinski definition) is 1. The Morgan fingerprint density at radius 1 is 0.719 bits per heavy atom. The third-order valence-corrected chi connectivity index (χ3v) is 6.67. The van der Waals surface area contributed by atoms with Gasteiger partial charge in [0.05, 0.1) is 27.1 Å². The van der Waals surface area contributed by atoms with Crippen LogP contribution in [-0.4, -0.2) is 36.2 Å². The van der Waals surface area contributed by atoms with Gasteiger partial charge in [-0.2, -0.15) is 0 Å². The molecule has 0 aliphatic rings. The monoisotopic (exact) mass is 446 g/mol. The Balaban J connectivity index is 2.13. The first-order valence-electron chi connectivity index (χ1n) is 13.5. The van der Waals surface area contributed by atoms with E-state index in [1.165, 1.54) is 107 Å². The van der Waals surface area contributed by atoms with E-state index in [9.17, 15) is 4.79 Å². The number of nitrogens with zero attached hydrogens (tertiary/aromatic N) is 1. The number of unbranched alkanes of at least 4 members (excludes halogenated alkanes) is 13. The lowest BCUT2D eigenvalue weighted by molar-refractivity contribution is -0.903. The van der Waals surface area contributed by atoms with Gasteiger partial charge in [-0.25, -0.2) is 0 Å². The standard InChI is InChI=1S/C29H51NO2/c1-4-5-6-7-8-9-10-11-12-13-14-15-16-17-21-27-22-18-19-23-28(27)26-30(2,3)25-20-24-29(31)32/h18-19,22-23H,4-17,20-21,24-26H2,1-3H3/p+1. The Hall–Kier alpha value is -1.35. The lowest BCUT2D eigenvalue weighted by atomic mass is 9.99. The highest BCUT2D eigenvalue weighted by atomic mass is 16.4. The van der Waals surface area contributed by atoms with Gasteiger partial charge in [-0.05, 0) is 18.4 Å². The number of benzene rings is 1. The molecule has 0 radical (unpaired) electrons. The van der Waals surface area contributed by atoms with Gasteiger partial charge in [0.25, 0.3) is 0 Å². The fourth-order valence-electron chi connectivity index (χ4n) is 4.66. The van der Waals surface area contributed by atoms with Crippen LogP contribution in [0.3, 0.4) is 0 Å². The summed E-state index contributed by atoms with van der Waals surface area (Å²) < 4.78 is 0.850. The Morgan fingerprint density at radius 3 is 1.69 bits per heavy atom. The van der Waals surface area contributed by atoms with Crippen LogP contribution < -0.4 is 0 Å². The largest absolute Gasteiger partial charge is 0.481 e. The molecule has 3 nitrogen and oxygen atoms in total. The topological polar surface area (TPSA) is 37.3 Å². The molecule has 0 saturated carbocycles. The lowest BCUT2D eigenvalue weighted by Crippen LogP contribution is -2.40. The van der Waals surface area contributed by atoms with Gasteiger partial charge in [-0.15, -0.1) is 0 Å². The minimum absolute atomic E-state index is 0.266. The summed E-state index contributed by atoms with van der Waals surface area (Å²) >= 11 is 0. The molecule has 0 amide bonds. The third-order valence-electron chi connectivity index (χ3n) is 6.67. The van der Waals surface area contributed by atoms with E-state index in [0.717, 1.165) is 24.0 Å². The fourth-order valence-corrected chi connectivity index (χ4v) is 4.66. The molecule has 0 spiro atoms. The summed E-state index contributed by atoms with van der Waals surface area (Å²) in [5.41, 5.74) is 2.92. The van der Waals surface area contributed by atoms with Gasteiger partial charge in [-0.1, -0.05) is 115 Å². The summed E-state index contributed by atoms with van der Waals surface area (Å²) in [7, 11) is 4.43. The predicted molar refractivity (Wildman–Crippen MR) is 138 cm³/mol. The summed E-state index contributed by atoms with van der Waals surface area (Å²) in [5, 5.41) is 8.89. The van der Waals surface area contributed by atoms with E-state index in [4.69, 9.17) is 5.11 Å². The number of rotatable bonds is 21. The molecular weight excluding hydrogens is 394 g/mol. The van der Waals surface area contributed by atoms with Crippen molar-refractivity contribution in [2.45, 2.75) is 123 Å². The molecule has 1 aromatic carbocycles. The normalized spacial score (nSPS) is 11.7. The number of aliphatic carboxylic acids is 1. The first-order chi connectivity index (χ1) is 15.4. The molecule has 0 atom stereocenters. The highest BCUT2D eigenvalue weighted by Gasteiger charge is 2.18. The first-order valence-corrected chi connectivity index (χ1v) is 13.5. The van der Waals surface area contributed by atoms with Crippen LogP contribution in [0.4, 0.5) is 0 Å². The van der Waals surface area contributed by atoms with Gasteiger partial charge in [-0.3, -0.25) is 4.79 Å². The minimum Gasteiger partial charge on any atom is -0.481 e. The smallest absolute Gasteiger partial charge is 0.303 e. The second kappa shape index (κ2) is 18.1. The third kappa shape index (κ3) is 15.5. The Kier molecular flexibility index (Phi) is 16.2. The van der Waals surface area contributed by atoms with E-state index in [1.807, 2.05) is 0 Å². The quantitative estimate of drug-likeness (QED) is 0.153. The number of carbonyl (C=O) groups is 1. The van der Waals surface area contributed by atoms with Gasteiger partial charge < -0.3 is 9.59 Å². The molecule has 1 rings (SSSR count). The van der Waals surface area contributed by atoms with Crippen molar-refractivity contribution >= 4 is 5.97 Å². The van der Waals surface area contributed by atoms with Crippen LogP contribution in [0.1, 0.15) is 121 Å². The molecule has 0 unspecified atom stereocenters.